The average molecular weight is 270 g/mol. The lowest BCUT2D eigenvalue weighted by atomic mass is 10.3. The van der Waals surface area contributed by atoms with Gasteiger partial charge in [0.05, 0.1) is 19.4 Å². The number of H-pyrrole nitrogens is 1. The number of aromatic amines is 1. The van der Waals surface area contributed by atoms with Gasteiger partial charge < -0.3 is 15.6 Å². The van der Waals surface area contributed by atoms with E-state index in [4.69, 9.17) is 5.11 Å². The van der Waals surface area contributed by atoms with Gasteiger partial charge in [0.15, 0.2) is 0 Å². The molecule has 0 aliphatic rings. The summed E-state index contributed by atoms with van der Waals surface area (Å²) >= 11 is 0. The van der Waals surface area contributed by atoms with Crippen molar-refractivity contribution in [2.45, 2.75) is 26.3 Å². The van der Waals surface area contributed by atoms with Crippen molar-refractivity contribution in [2.75, 3.05) is 13.2 Å². The second kappa shape index (κ2) is 7.37. The van der Waals surface area contributed by atoms with Crippen molar-refractivity contribution < 1.29 is 10.2 Å². The van der Waals surface area contributed by atoms with Crippen molar-refractivity contribution in [1.29, 1.82) is 0 Å². The molecule has 0 spiro atoms. The molecule has 1 heterocycles. The highest BCUT2D eigenvalue weighted by Crippen LogP contribution is 2.08. The zero-order valence-electron chi connectivity index (χ0n) is 10.7. The maximum absolute atomic E-state index is 11.6. The Kier molecular flexibility index (Phi) is 5.80. The fraction of sp³-hybridized carbons (Fsp3) is 0.545. The first-order valence-electron chi connectivity index (χ1n) is 6.04. The SMILES string of the molecule is CCCCn1c(O)c(/C=N/NCCO)c(=O)[nH]c1=O. The number of hydrogen-bond acceptors (Lipinski definition) is 6. The number of unbranched alkanes of at least 4 members (excludes halogenated alkanes) is 1. The third-order valence-electron chi connectivity index (χ3n) is 2.45. The molecule has 1 aromatic heterocycles. The van der Waals surface area contributed by atoms with Crippen LogP contribution in [0.15, 0.2) is 14.7 Å². The van der Waals surface area contributed by atoms with Gasteiger partial charge in [-0.2, -0.15) is 5.10 Å². The topological polar surface area (TPSA) is 120 Å². The van der Waals surface area contributed by atoms with Crippen molar-refractivity contribution in [3.63, 3.8) is 0 Å². The normalized spacial score (nSPS) is 11.1. The van der Waals surface area contributed by atoms with Gasteiger partial charge in [0.1, 0.15) is 5.56 Å². The quantitative estimate of drug-likeness (QED) is 0.286. The Morgan fingerprint density at radius 1 is 1.47 bits per heavy atom. The molecule has 0 radical (unpaired) electrons. The van der Waals surface area contributed by atoms with Gasteiger partial charge in [0, 0.05) is 6.54 Å². The summed E-state index contributed by atoms with van der Waals surface area (Å²) < 4.78 is 1.10. The third kappa shape index (κ3) is 3.95. The van der Waals surface area contributed by atoms with Crippen LogP contribution in [0.2, 0.25) is 0 Å². The summed E-state index contributed by atoms with van der Waals surface area (Å²) in [6.45, 7) is 2.40. The van der Waals surface area contributed by atoms with E-state index in [2.05, 4.69) is 15.5 Å². The van der Waals surface area contributed by atoms with E-state index in [0.29, 0.717) is 13.0 Å². The van der Waals surface area contributed by atoms with Crippen LogP contribution in [-0.2, 0) is 6.54 Å². The van der Waals surface area contributed by atoms with Gasteiger partial charge in [-0.25, -0.2) is 4.79 Å². The van der Waals surface area contributed by atoms with Crippen LogP contribution in [0.3, 0.4) is 0 Å². The maximum Gasteiger partial charge on any atom is 0.331 e. The van der Waals surface area contributed by atoms with Gasteiger partial charge in [-0.1, -0.05) is 13.3 Å². The summed E-state index contributed by atoms with van der Waals surface area (Å²) in [6.07, 6.45) is 2.68. The third-order valence-corrected chi connectivity index (χ3v) is 2.45. The van der Waals surface area contributed by atoms with E-state index in [1.54, 1.807) is 0 Å². The van der Waals surface area contributed by atoms with Crippen LogP contribution >= 0.6 is 0 Å². The number of aliphatic hydroxyl groups is 1. The van der Waals surface area contributed by atoms with Gasteiger partial charge in [0.25, 0.3) is 5.56 Å². The first-order chi connectivity index (χ1) is 9.11. The highest BCUT2D eigenvalue weighted by Gasteiger charge is 2.11. The number of aliphatic hydroxyl groups excluding tert-OH is 1. The van der Waals surface area contributed by atoms with E-state index in [0.717, 1.165) is 17.2 Å². The predicted octanol–water partition coefficient (Wildman–Crippen LogP) is -1.04. The average Bonchev–Trinajstić information content (AvgIpc) is 2.37. The Morgan fingerprint density at radius 3 is 2.84 bits per heavy atom. The summed E-state index contributed by atoms with van der Waals surface area (Å²) in [6, 6.07) is 0. The van der Waals surface area contributed by atoms with Crippen molar-refractivity contribution in [3.05, 3.63) is 26.4 Å². The molecule has 1 rings (SSSR count). The Labute approximate surface area is 109 Å². The molecule has 4 N–H and O–H groups in total. The monoisotopic (exact) mass is 270 g/mol. The van der Waals surface area contributed by atoms with Gasteiger partial charge in [-0.3, -0.25) is 14.3 Å². The first kappa shape index (κ1) is 15.0. The number of hydrazone groups is 1. The van der Waals surface area contributed by atoms with Crippen LogP contribution in [0.1, 0.15) is 25.3 Å². The molecule has 0 bridgehead atoms. The van der Waals surface area contributed by atoms with E-state index in [-0.39, 0.29) is 18.7 Å². The minimum Gasteiger partial charge on any atom is -0.494 e. The molecule has 8 heteroatoms. The molecule has 0 unspecified atom stereocenters. The Hall–Kier alpha value is -2.09. The lowest BCUT2D eigenvalue weighted by Gasteiger charge is -2.08. The minimum atomic E-state index is -0.704. The Morgan fingerprint density at radius 2 is 2.21 bits per heavy atom. The molecule has 0 saturated heterocycles. The van der Waals surface area contributed by atoms with Crippen molar-refractivity contribution >= 4 is 6.21 Å². The van der Waals surface area contributed by atoms with Crippen LogP contribution < -0.4 is 16.7 Å². The van der Waals surface area contributed by atoms with Gasteiger partial charge in [0.2, 0.25) is 5.88 Å². The predicted molar refractivity (Wildman–Crippen MR) is 70.6 cm³/mol. The molecule has 0 saturated carbocycles. The summed E-state index contributed by atoms with van der Waals surface area (Å²) in [7, 11) is 0. The minimum absolute atomic E-state index is 0.0962. The number of aromatic hydroxyl groups is 1. The zero-order chi connectivity index (χ0) is 14.3. The number of nitrogens with one attached hydrogen (secondary N) is 2. The molecular formula is C11H18N4O4. The summed E-state index contributed by atoms with van der Waals surface area (Å²) in [5, 5.41) is 22.1. The fourth-order valence-electron chi connectivity index (χ4n) is 1.44. The van der Waals surface area contributed by atoms with Crippen LogP contribution in [0, 0.1) is 0 Å². The van der Waals surface area contributed by atoms with Gasteiger partial charge in [-0.15, -0.1) is 0 Å². The first-order valence-corrected chi connectivity index (χ1v) is 6.04. The highest BCUT2D eigenvalue weighted by atomic mass is 16.3. The lowest BCUT2D eigenvalue weighted by Crippen LogP contribution is -2.32. The molecular weight excluding hydrogens is 252 g/mol. The standard InChI is InChI=1S/C11H18N4O4/c1-2-3-5-15-10(18)8(7-13-12-4-6-16)9(17)14-11(15)19/h7,12,16,18H,2-6H2,1H3,(H,14,17,19)/b13-7+. The molecule has 1 aromatic rings. The number of nitrogens with zero attached hydrogens (tertiary/aromatic N) is 2. The number of hydrogen-bond donors (Lipinski definition) is 4. The largest absolute Gasteiger partial charge is 0.494 e. The van der Waals surface area contributed by atoms with Crippen LogP contribution in [0.25, 0.3) is 0 Å². The van der Waals surface area contributed by atoms with Gasteiger partial charge >= 0.3 is 5.69 Å². The van der Waals surface area contributed by atoms with Crippen molar-refractivity contribution in [2.24, 2.45) is 5.10 Å². The van der Waals surface area contributed by atoms with E-state index < -0.39 is 17.1 Å². The van der Waals surface area contributed by atoms with Crippen LogP contribution in [-0.4, -0.2) is 39.1 Å². The molecule has 19 heavy (non-hydrogen) atoms. The highest BCUT2D eigenvalue weighted by molar-refractivity contribution is 5.81. The van der Waals surface area contributed by atoms with Crippen molar-refractivity contribution in [3.8, 4) is 5.88 Å². The smallest absolute Gasteiger partial charge is 0.331 e. The fourth-order valence-corrected chi connectivity index (χ4v) is 1.44. The van der Waals surface area contributed by atoms with Crippen LogP contribution in [0.5, 0.6) is 5.88 Å². The molecule has 8 nitrogen and oxygen atoms in total. The number of rotatable bonds is 7. The zero-order valence-corrected chi connectivity index (χ0v) is 10.7. The second-order valence-corrected chi connectivity index (χ2v) is 3.89. The van der Waals surface area contributed by atoms with Crippen LogP contribution in [0.4, 0.5) is 0 Å². The summed E-state index contributed by atoms with van der Waals surface area (Å²) in [5.74, 6) is -0.406. The van der Waals surface area contributed by atoms with E-state index >= 15 is 0 Å². The van der Waals surface area contributed by atoms with Gasteiger partial charge in [-0.05, 0) is 6.42 Å². The lowest BCUT2D eigenvalue weighted by molar-refractivity contribution is 0.294. The number of aromatic nitrogens is 2. The molecule has 0 amide bonds. The molecule has 0 aliphatic heterocycles. The maximum atomic E-state index is 11.6. The van der Waals surface area contributed by atoms with E-state index in [1.165, 1.54) is 0 Å². The van der Waals surface area contributed by atoms with Crippen molar-refractivity contribution in [1.82, 2.24) is 15.0 Å². The molecule has 0 atom stereocenters. The Bertz CT molecular complexity index is 547. The summed E-state index contributed by atoms with van der Waals surface area (Å²) in [4.78, 5) is 25.2. The Balaban J connectivity index is 3.07. The molecule has 0 aliphatic carbocycles. The molecule has 0 aromatic carbocycles. The summed E-state index contributed by atoms with van der Waals surface area (Å²) in [5.41, 5.74) is 1.04. The van der Waals surface area contributed by atoms with E-state index in [9.17, 15) is 14.7 Å². The molecule has 0 fully saturated rings. The van der Waals surface area contributed by atoms with E-state index in [1.807, 2.05) is 6.92 Å². The second-order valence-electron chi connectivity index (χ2n) is 3.89. The molecule has 106 valence electrons.